The van der Waals surface area contributed by atoms with E-state index in [-0.39, 0.29) is 30.3 Å². The molecule has 2 aromatic carbocycles. The van der Waals surface area contributed by atoms with Crippen molar-refractivity contribution in [2.45, 2.75) is 38.8 Å². The first-order valence-corrected chi connectivity index (χ1v) is 10.8. The average Bonchev–Trinajstić information content (AvgIpc) is 2.80. The van der Waals surface area contributed by atoms with E-state index < -0.39 is 24.4 Å². The molecule has 0 radical (unpaired) electrons. The van der Waals surface area contributed by atoms with E-state index in [0.717, 1.165) is 5.56 Å². The van der Waals surface area contributed by atoms with E-state index in [4.69, 9.17) is 4.74 Å². The van der Waals surface area contributed by atoms with Crippen molar-refractivity contribution in [1.82, 2.24) is 10.2 Å². The van der Waals surface area contributed by atoms with Crippen LogP contribution < -0.4 is 10.2 Å². The standard InChI is InChI=1S/C24H26F3N3O4/c1-16-13-29(14-17(2)34-16)23(33)30(20-6-4-3-5-7-20)15-18-8-10-19(11-9-18)21(31)12-28-22(32)24(25,26)27/h3-11,16-17H,12-15H2,1-2H3,(H,28,32)/t16-,17+. The number of hydrogen-bond acceptors (Lipinski definition) is 4. The summed E-state index contributed by atoms with van der Waals surface area (Å²) in [5, 5.41) is 1.57. The molecule has 10 heteroatoms. The van der Waals surface area contributed by atoms with Crippen LogP contribution in [0.25, 0.3) is 0 Å². The van der Waals surface area contributed by atoms with Crippen molar-refractivity contribution in [2.75, 3.05) is 24.5 Å². The van der Waals surface area contributed by atoms with Crippen LogP contribution in [0.3, 0.4) is 0 Å². The van der Waals surface area contributed by atoms with Crippen molar-refractivity contribution < 1.29 is 32.3 Å². The zero-order valence-electron chi connectivity index (χ0n) is 18.8. The number of carbonyl (C=O) groups is 3. The second kappa shape index (κ2) is 10.7. The maximum atomic E-state index is 13.4. The number of ether oxygens (including phenoxy) is 1. The summed E-state index contributed by atoms with van der Waals surface area (Å²) < 4.78 is 42.6. The molecule has 1 aliphatic heterocycles. The van der Waals surface area contributed by atoms with Gasteiger partial charge in [-0.15, -0.1) is 0 Å². The van der Waals surface area contributed by atoms with Crippen LogP contribution >= 0.6 is 0 Å². The molecule has 3 amide bonds. The molecule has 7 nitrogen and oxygen atoms in total. The van der Waals surface area contributed by atoms with Crippen LogP contribution in [0.15, 0.2) is 54.6 Å². The number of hydrogen-bond donors (Lipinski definition) is 1. The summed E-state index contributed by atoms with van der Waals surface area (Å²) in [6.07, 6.45) is -5.23. The number of rotatable bonds is 6. The summed E-state index contributed by atoms with van der Waals surface area (Å²) in [6, 6.07) is 15.2. The number of alkyl halides is 3. The number of urea groups is 1. The highest BCUT2D eigenvalue weighted by atomic mass is 19.4. The van der Waals surface area contributed by atoms with Crippen molar-refractivity contribution in [3.05, 3.63) is 65.7 Å². The average molecular weight is 477 g/mol. The van der Waals surface area contributed by atoms with Crippen LogP contribution in [0.4, 0.5) is 23.7 Å². The van der Waals surface area contributed by atoms with E-state index >= 15 is 0 Å². The molecule has 2 atom stereocenters. The topological polar surface area (TPSA) is 79.0 Å². The highest BCUT2D eigenvalue weighted by molar-refractivity contribution is 5.99. The van der Waals surface area contributed by atoms with Gasteiger partial charge in [-0.3, -0.25) is 14.5 Å². The molecular formula is C24H26F3N3O4. The predicted octanol–water partition coefficient (Wildman–Crippen LogP) is 3.78. The monoisotopic (exact) mass is 477 g/mol. The van der Waals surface area contributed by atoms with Gasteiger partial charge in [-0.2, -0.15) is 13.2 Å². The number of morpholine rings is 1. The Hall–Kier alpha value is -3.40. The van der Waals surface area contributed by atoms with Crippen LogP contribution in [0.2, 0.25) is 0 Å². The van der Waals surface area contributed by atoms with Crippen LogP contribution in [0.5, 0.6) is 0 Å². The Bertz CT molecular complexity index is 1000. The number of halogens is 3. The Morgan fingerprint density at radius 3 is 2.15 bits per heavy atom. The summed E-state index contributed by atoms with van der Waals surface area (Å²) in [5.74, 6) is -2.82. The number of para-hydroxylation sites is 1. The van der Waals surface area contributed by atoms with Gasteiger partial charge in [0, 0.05) is 24.3 Å². The second-order valence-electron chi connectivity index (χ2n) is 8.17. The normalized spacial score (nSPS) is 18.3. The van der Waals surface area contributed by atoms with E-state index in [1.807, 2.05) is 44.2 Å². The third-order valence-electron chi connectivity index (χ3n) is 5.27. The lowest BCUT2D eigenvalue weighted by atomic mass is 10.1. The fourth-order valence-corrected chi connectivity index (χ4v) is 3.72. The molecule has 1 heterocycles. The van der Waals surface area contributed by atoms with E-state index in [1.54, 1.807) is 27.2 Å². The summed E-state index contributed by atoms with van der Waals surface area (Å²) in [5.41, 5.74) is 1.58. The second-order valence-corrected chi connectivity index (χ2v) is 8.17. The van der Waals surface area contributed by atoms with E-state index in [2.05, 4.69) is 0 Å². The fourth-order valence-electron chi connectivity index (χ4n) is 3.72. The number of carbonyl (C=O) groups excluding carboxylic acids is 3. The zero-order valence-corrected chi connectivity index (χ0v) is 18.8. The number of nitrogens with zero attached hydrogens (tertiary/aromatic N) is 2. The van der Waals surface area contributed by atoms with Crippen molar-refractivity contribution in [2.24, 2.45) is 0 Å². The molecule has 1 fully saturated rings. The first kappa shape index (κ1) is 25.2. The number of benzene rings is 2. The molecule has 1 saturated heterocycles. The third kappa shape index (κ3) is 6.57. The molecule has 2 aromatic rings. The van der Waals surface area contributed by atoms with Gasteiger partial charge in [0.25, 0.3) is 0 Å². The van der Waals surface area contributed by atoms with Gasteiger partial charge in [-0.25, -0.2) is 4.79 Å². The quantitative estimate of drug-likeness (QED) is 0.643. The van der Waals surface area contributed by atoms with Crippen LogP contribution in [-0.2, 0) is 16.1 Å². The SMILES string of the molecule is C[C@@H]1CN(C(=O)N(Cc2ccc(C(=O)CNC(=O)C(F)(F)F)cc2)c2ccccc2)C[C@H](C)O1. The minimum absolute atomic E-state index is 0.0894. The summed E-state index contributed by atoms with van der Waals surface area (Å²) in [4.78, 5) is 39.8. The Labute approximate surface area is 195 Å². The number of nitrogens with one attached hydrogen (secondary N) is 1. The predicted molar refractivity (Wildman–Crippen MR) is 119 cm³/mol. The Balaban J connectivity index is 1.72. The number of anilines is 1. The van der Waals surface area contributed by atoms with E-state index in [1.165, 1.54) is 12.1 Å². The summed E-state index contributed by atoms with van der Waals surface area (Å²) >= 11 is 0. The highest BCUT2D eigenvalue weighted by Crippen LogP contribution is 2.22. The first-order valence-electron chi connectivity index (χ1n) is 10.8. The molecule has 0 bridgehead atoms. The van der Waals surface area contributed by atoms with Crippen molar-refractivity contribution >= 4 is 23.4 Å². The fraction of sp³-hybridized carbons (Fsp3) is 0.375. The summed E-state index contributed by atoms with van der Waals surface area (Å²) in [6.45, 7) is 4.21. The van der Waals surface area contributed by atoms with Gasteiger partial charge in [0.05, 0.1) is 25.3 Å². The number of amides is 3. The molecule has 0 aliphatic carbocycles. The Morgan fingerprint density at radius 1 is 1.00 bits per heavy atom. The molecule has 34 heavy (non-hydrogen) atoms. The maximum absolute atomic E-state index is 13.4. The van der Waals surface area contributed by atoms with Crippen molar-refractivity contribution in [3.8, 4) is 0 Å². The Morgan fingerprint density at radius 2 is 1.59 bits per heavy atom. The Kier molecular flexibility index (Phi) is 7.93. The molecule has 0 aromatic heterocycles. The molecular weight excluding hydrogens is 451 g/mol. The van der Waals surface area contributed by atoms with Gasteiger partial charge >= 0.3 is 18.1 Å². The van der Waals surface area contributed by atoms with Gasteiger partial charge < -0.3 is 15.0 Å². The van der Waals surface area contributed by atoms with Crippen LogP contribution in [0.1, 0.15) is 29.8 Å². The molecule has 3 rings (SSSR count). The van der Waals surface area contributed by atoms with Gasteiger partial charge in [0.1, 0.15) is 0 Å². The smallest absolute Gasteiger partial charge is 0.372 e. The molecule has 0 saturated carbocycles. The van der Waals surface area contributed by atoms with Crippen molar-refractivity contribution in [1.29, 1.82) is 0 Å². The molecule has 1 aliphatic rings. The summed E-state index contributed by atoms with van der Waals surface area (Å²) in [7, 11) is 0. The number of Topliss-reactive ketones (excluding diaryl/α,β-unsaturated/α-hetero) is 1. The third-order valence-corrected chi connectivity index (χ3v) is 5.27. The molecule has 0 spiro atoms. The van der Waals surface area contributed by atoms with Crippen LogP contribution in [0, 0.1) is 0 Å². The van der Waals surface area contributed by atoms with Crippen LogP contribution in [-0.4, -0.2) is 60.6 Å². The molecule has 1 N–H and O–H groups in total. The number of ketones is 1. The van der Waals surface area contributed by atoms with Gasteiger partial charge in [0.2, 0.25) is 0 Å². The minimum atomic E-state index is -5.05. The lowest BCUT2D eigenvalue weighted by molar-refractivity contribution is -0.173. The molecule has 0 unspecified atom stereocenters. The van der Waals surface area contributed by atoms with Crippen molar-refractivity contribution in [3.63, 3.8) is 0 Å². The van der Waals surface area contributed by atoms with Gasteiger partial charge in [-0.1, -0.05) is 42.5 Å². The van der Waals surface area contributed by atoms with E-state index in [0.29, 0.717) is 18.8 Å². The largest absolute Gasteiger partial charge is 0.471 e. The van der Waals surface area contributed by atoms with Gasteiger partial charge in [-0.05, 0) is 31.5 Å². The molecule has 182 valence electrons. The lowest BCUT2D eigenvalue weighted by Crippen LogP contribution is -2.52. The maximum Gasteiger partial charge on any atom is 0.471 e. The minimum Gasteiger partial charge on any atom is -0.372 e. The van der Waals surface area contributed by atoms with E-state index in [9.17, 15) is 27.6 Å². The lowest BCUT2D eigenvalue weighted by Gasteiger charge is -2.38. The first-order chi connectivity index (χ1) is 16.0. The van der Waals surface area contributed by atoms with Gasteiger partial charge in [0.15, 0.2) is 5.78 Å². The highest BCUT2D eigenvalue weighted by Gasteiger charge is 2.38. The zero-order chi connectivity index (χ0) is 24.9.